The van der Waals surface area contributed by atoms with Crippen molar-refractivity contribution >= 4 is 0 Å². The zero-order valence-corrected chi connectivity index (χ0v) is 12.5. The van der Waals surface area contributed by atoms with Crippen molar-refractivity contribution in [2.24, 2.45) is 5.41 Å². The maximum absolute atomic E-state index is 5.83. The number of likely N-dealkylation sites (N-methyl/N-ethyl adjacent to an activating group) is 1. The Morgan fingerprint density at radius 3 is 2.58 bits per heavy atom. The number of morpholine rings is 1. The van der Waals surface area contributed by atoms with Gasteiger partial charge in [-0.05, 0) is 51.0 Å². The highest BCUT2D eigenvalue weighted by atomic mass is 16.5. The van der Waals surface area contributed by atoms with Crippen molar-refractivity contribution < 1.29 is 4.74 Å². The fourth-order valence-corrected chi connectivity index (χ4v) is 4.35. The van der Waals surface area contributed by atoms with Crippen LogP contribution in [-0.2, 0) is 4.74 Å². The van der Waals surface area contributed by atoms with Gasteiger partial charge in [0, 0.05) is 25.7 Å². The average Bonchev–Trinajstić information content (AvgIpc) is 2.87. The summed E-state index contributed by atoms with van der Waals surface area (Å²) in [6.07, 6.45) is 12.1. The Kier molecular flexibility index (Phi) is 4.45. The lowest BCUT2D eigenvalue weighted by Gasteiger charge is -2.38. The summed E-state index contributed by atoms with van der Waals surface area (Å²) in [5.74, 6) is 0. The van der Waals surface area contributed by atoms with Crippen molar-refractivity contribution in [3.8, 4) is 0 Å². The number of nitrogens with zero attached hydrogens (tertiary/aromatic N) is 1. The van der Waals surface area contributed by atoms with Crippen LogP contribution in [0, 0.1) is 5.41 Å². The highest BCUT2D eigenvalue weighted by Crippen LogP contribution is 2.48. The van der Waals surface area contributed by atoms with E-state index in [0.29, 0.717) is 6.10 Å². The van der Waals surface area contributed by atoms with Gasteiger partial charge in [0.05, 0.1) is 12.7 Å². The van der Waals surface area contributed by atoms with E-state index < -0.39 is 0 Å². The lowest BCUT2D eigenvalue weighted by atomic mass is 9.71. The summed E-state index contributed by atoms with van der Waals surface area (Å²) in [6, 6.07) is 0.752. The molecule has 3 rings (SSSR count). The van der Waals surface area contributed by atoms with E-state index in [1.807, 2.05) is 0 Å². The van der Waals surface area contributed by atoms with Gasteiger partial charge in [-0.25, -0.2) is 0 Å². The van der Waals surface area contributed by atoms with Crippen LogP contribution in [0.5, 0.6) is 0 Å². The molecule has 1 unspecified atom stereocenters. The third kappa shape index (κ3) is 3.50. The van der Waals surface area contributed by atoms with Crippen molar-refractivity contribution in [1.29, 1.82) is 0 Å². The zero-order valence-electron chi connectivity index (χ0n) is 12.5. The van der Waals surface area contributed by atoms with Crippen LogP contribution in [0.25, 0.3) is 0 Å². The third-order valence-electron chi connectivity index (χ3n) is 5.69. The zero-order chi connectivity index (χ0) is 13.1. The van der Waals surface area contributed by atoms with Crippen LogP contribution in [-0.4, -0.2) is 50.3 Å². The molecule has 1 spiro atoms. The van der Waals surface area contributed by atoms with Crippen molar-refractivity contribution in [1.82, 2.24) is 10.2 Å². The van der Waals surface area contributed by atoms with Gasteiger partial charge in [-0.15, -0.1) is 0 Å². The van der Waals surface area contributed by atoms with Gasteiger partial charge in [-0.2, -0.15) is 0 Å². The summed E-state index contributed by atoms with van der Waals surface area (Å²) in [5.41, 5.74) is 0.764. The molecule has 1 atom stereocenters. The van der Waals surface area contributed by atoms with Crippen molar-refractivity contribution in [3.05, 3.63) is 0 Å². The molecular weight excluding hydrogens is 236 g/mol. The van der Waals surface area contributed by atoms with E-state index in [4.69, 9.17) is 4.74 Å². The van der Waals surface area contributed by atoms with Gasteiger partial charge in [0.2, 0.25) is 0 Å². The van der Waals surface area contributed by atoms with Crippen molar-refractivity contribution in [3.63, 3.8) is 0 Å². The molecule has 0 aromatic rings. The monoisotopic (exact) mass is 266 g/mol. The second-order valence-corrected chi connectivity index (χ2v) is 7.14. The molecule has 110 valence electrons. The minimum absolute atomic E-state index is 0.404. The highest BCUT2D eigenvalue weighted by Gasteiger charge is 2.37. The molecule has 2 aliphatic carbocycles. The molecule has 3 fully saturated rings. The molecule has 0 aromatic carbocycles. The molecule has 3 aliphatic rings. The fourth-order valence-electron chi connectivity index (χ4n) is 4.35. The van der Waals surface area contributed by atoms with Crippen LogP contribution in [0.15, 0.2) is 0 Å². The Bertz CT molecular complexity index is 278. The first-order valence-electron chi connectivity index (χ1n) is 8.29. The van der Waals surface area contributed by atoms with Gasteiger partial charge >= 0.3 is 0 Å². The van der Waals surface area contributed by atoms with E-state index in [-0.39, 0.29) is 0 Å². The normalized spacial score (nSPS) is 33.0. The Hall–Kier alpha value is -0.120. The van der Waals surface area contributed by atoms with E-state index in [9.17, 15) is 0 Å². The lowest BCUT2D eigenvalue weighted by Crippen LogP contribution is -2.47. The van der Waals surface area contributed by atoms with Gasteiger partial charge in [-0.1, -0.05) is 12.8 Å². The lowest BCUT2D eigenvalue weighted by molar-refractivity contribution is -0.0204. The topological polar surface area (TPSA) is 24.5 Å². The minimum atomic E-state index is 0.404. The SMILES string of the molecule is CN1CCOC(CNC2CCC3(CCCC3)CC2)C1. The summed E-state index contributed by atoms with van der Waals surface area (Å²) < 4.78 is 5.83. The molecule has 0 amide bonds. The number of nitrogens with one attached hydrogen (secondary N) is 1. The summed E-state index contributed by atoms with van der Waals surface area (Å²) in [6.45, 7) is 4.12. The first-order chi connectivity index (χ1) is 9.26. The second-order valence-electron chi connectivity index (χ2n) is 7.14. The van der Waals surface area contributed by atoms with Crippen LogP contribution in [0.4, 0.5) is 0 Å². The molecule has 3 heteroatoms. The summed E-state index contributed by atoms with van der Waals surface area (Å²) in [5, 5.41) is 3.77. The maximum Gasteiger partial charge on any atom is 0.0826 e. The number of ether oxygens (including phenoxy) is 1. The molecule has 1 N–H and O–H groups in total. The average molecular weight is 266 g/mol. The van der Waals surface area contributed by atoms with E-state index in [1.54, 1.807) is 0 Å². The smallest absolute Gasteiger partial charge is 0.0826 e. The minimum Gasteiger partial charge on any atom is -0.374 e. The van der Waals surface area contributed by atoms with Gasteiger partial charge in [0.1, 0.15) is 0 Å². The van der Waals surface area contributed by atoms with Crippen molar-refractivity contribution in [2.75, 3.05) is 33.3 Å². The summed E-state index contributed by atoms with van der Waals surface area (Å²) >= 11 is 0. The molecule has 0 radical (unpaired) electrons. The molecule has 1 aliphatic heterocycles. The highest BCUT2D eigenvalue weighted by molar-refractivity contribution is 4.91. The van der Waals surface area contributed by atoms with Crippen LogP contribution in [0.3, 0.4) is 0 Å². The Morgan fingerprint density at radius 2 is 1.89 bits per heavy atom. The molecule has 0 aromatic heterocycles. The van der Waals surface area contributed by atoms with Crippen molar-refractivity contribution in [2.45, 2.75) is 63.5 Å². The van der Waals surface area contributed by atoms with Crippen LogP contribution in [0.1, 0.15) is 51.4 Å². The largest absolute Gasteiger partial charge is 0.374 e. The first-order valence-corrected chi connectivity index (χ1v) is 8.29. The molecule has 2 saturated carbocycles. The number of rotatable bonds is 3. The van der Waals surface area contributed by atoms with E-state index in [2.05, 4.69) is 17.3 Å². The molecular formula is C16H30N2O. The Labute approximate surface area is 118 Å². The predicted octanol–water partition coefficient (Wildman–Crippen LogP) is 2.41. The molecule has 3 nitrogen and oxygen atoms in total. The Morgan fingerprint density at radius 1 is 1.16 bits per heavy atom. The van der Waals surface area contributed by atoms with Crippen LogP contribution >= 0.6 is 0 Å². The van der Waals surface area contributed by atoms with Gasteiger partial charge in [0.15, 0.2) is 0 Å². The number of hydrogen-bond donors (Lipinski definition) is 1. The van der Waals surface area contributed by atoms with Crippen LogP contribution < -0.4 is 5.32 Å². The van der Waals surface area contributed by atoms with Gasteiger partial charge in [-0.3, -0.25) is 0 Å². The molecule has 1 saturated heterocycles. The maximum atomic E-state index is 5.83. The van der Waals surface area contributed by atoms with E-state index >= 15 is 0 Å². The molecule has 19 heavy (non-hydrogen) atoms. The van der Waals surface area contributed by atoms with Crippen LogP contribution in [0.2, 0.25) is 0 Å². The summed E-state index contributed by atoms with van der Waals surface area (Å²) in [4.78, 5) is 2.38. The fraction of sp³-hybridized carbons (Fsp3) is 1.00. The standard InChI is InChI=1S/C16H30N2O/c1-18-10-11-19-15(13-18)12-17-14-4-8-16(9-5-14)6-2-3-7-16/h14-15,17H,2-13H2,1H3. The van der Waals surface area contributed by atoms with Gasteiger partial charge in [0.25, 0.3) is 0 Å². The molecule has 1 heterocycles. The Balaban J connectivity index is 1.37. The quantitative estimate of drug-likeness (QED) is 0.849. The van der Waals surface area contributed by atoms with E-state index in [1.165, 1.54) is 51.4 Å². The van der Waals surface area contributed by atoms with Gasteiger partial charge < -0.3 is 15.0 Å². The first kappa shape index (κ1) is 13.8. The van der Waals surface area contributed by atoms with E-state index in [0.717, 1.165) is 37.7 Å². The third-order valence-corrected chi connectivity index (χ3v) is 5.69. The molecule has 0 bridgehead atoms. The summed E-state index contributed by atoms with van der Waals surface area (Å²) in [7, 11) is 2.19. The predicted molar refractivity (Wildman–Crippen MR) is 78.4 cm³/mol. The number of hydrogen-bond acceptors (Lipinski definition) is 3. The second kappa shape index (κ2) is 6.11.